The van der Waals surface area contributed by atoms with Crippen LogP contribution in [-0.4, -0.2) is 20.9 Å². The topological polar surface area (TPSA) is 59.9 Å². The Morgan fingerprint density at radius 1 is 1.12 bits per heavy atom. The summed E-state index contributed by atoms with van der Waals surface area (Å²) in [6.07, 6.45) is -0.355. The van der Waals surface area contributed by atoms with Crippen molar-refractivity contribution < 1.29 is 4.74 Å². The van der Waals surface area contributed by atoms with E-state index in [-0.39, 0.29) is 6.23 Å². The number of rotatable bonds is 3. The third-order valence-electron chi connectivity index (χ3n) is 3.78. The molecule has 1 aliphatic rings. The predicted octanol–water partition coefficient (Wildman–Crippen LogP) is 4.92. The summed E-state index contributed by atoms with van der Waals surface area (Å²) < 4.78 is 7.22. The number of hydrogen-bond acceptors (Lipinski definition) is 6. The zero-order chi connectivity index (χ0) is 17.2. The summed E-state index contributed by atoms with van der Waals surface area (Å²) in [6, 6.07) is 16.0. The Labute approximate surface area is 158 Å². The van der Waals surface area contributed by atoms with E-state index >= 15 is 0 Å². The molecule has 4 rings (SSSR count). The molecule has 0 bridgehead atoms. The van der Waals surface area contributed by atoms with Crippen molar-refractivity contribution in [3.05, 3.63) is 58.6 Å². The van der Waals surface area contributed by atoms with Crippen molar-refractivity contribution in [2.75, 3.05) is 11.1 Å². The molecule has 126 valence electrons. The molecule has 0 unspecified atom stereocenters. The first-order valence-electron chi connectivity index (χ1n) is 7.90. The van der Waals surface area contributed by atoms with Crippen LogP contribution in [0.5, 0.6) is 5.88 Å². The number of anilines is 1. The van der Waals surface area contributed by atoms with E-state index in [0.29, 0.717) is 16.7 Å². The molecule has 0 aliphatic carbocycles. The number of ether oxygens (including phenoxy) is 1. The number of fused-ring (bicyclic) bond motifs is 3. The maximum atomic E-state index is 6.20. The Kier molecular flexibility index (Phi) is 4.59. The van der Waals surface area contributed by atoms with Gasteiger partial charge in [0.25, 0.3) is 0 Å². The van der Waals surface area contributed by atoms with Gasteiger partial charge in [-0.2, -0.15) is 4.98 Å². The molecule has 2 heterocycles. The molecule has 1 atom stereocenters. The first-order chi connectivity index (χ1) is 12.2. The lowest BCUT2D eigenvalue weighted by Gasteiger charge is -2.19. The minimum atomic E-state index is -0.355. The largest absolute Gasteiger partial charge is 0.448 e. The van der Waals surface area contributed by atoms with Crippen LogP contribution >= 0.6 is 27.7 Å². The molecule has 2 aromatic carbocycles. The molecule has 0 saturated heterocycles. The Balaban J connectivity index is 1.82. The smallest absolute Gasteiger partial charge is 0.247 e. The fourth-order valence-electron chi connectivity index (χ4n) is 2.63. The van der Waals surface area contributed by atoms with Crippen molar-refractivity contribution in [3.63, 3.8) is 0 Å². The van der Waals surface area contributed by atoms with E-state index in [1.807, 2.05) is 48.5 Å². The van der Waals surface area contributed by atoms with Gasteiger partial charge < -0.3 is 10.1 Å². The molecule has 0 radical (unpaired) electrons. The van der Waals surface area contributed by atoms with Gasteiger partial charge in [0.1, 0.15) is 0 Å². The van der Waals surface area contributed by atoms with Crippen molar-refractivity contribution in [1.82, 2.24) is 15.2 Å². The highest BCUT2D eigenvalue weighted by molar-refractivity contribution is 9.10. The predicted molar refractivity (Wildman–Crippen MR) is 103 cm³/mol. The monoisotopic (exact) mass is 414 g/mol. The molecular weight excluding hydrogens is 400 g/mol. The second kappa shape index (κ2) is 7.01. The minimum absolute atomic E-state index is 0.355. The zero-order valence-corrected chi connectivity index (χ0v) is 15.8. The van der Waals surface area contributed by atoms with Crippen LogP contribution in [0, 0.1) is 0 Å². The van der Waals surface area contributed by atoms with E-state index in [1.165, 1.54) is 0 Å². The number of benzene rings is 2. The Morgan fingerprint density at radius 3 is 2.72 bits per heavy atom. The van der Waals surface area contributed by atoms with Crippen molar-refractivity contribution in [1.29, 1.82) is 0 Å². The highest BCUT2D eigenvalue weighted by atomic mass is 79.9. The third-order valence-corrected chi connectivity index (χ3v) is 5.03. The fraction of sp³-hybridized carbons (Fsp3) is 0.167. The Bertz CT molecular complexity index is 904. The van der Waals surface area contributed by atoms with Gasteiger partial charge in [-0.3, -0.25) is 0 Å². The molecule has 5 nitrogen and oxygen atoms in total. The van der Waals surface area contributed by atoms with Crippen molar-refractivity contribution in [2.24, 2.45) is 0 Å². The van der Waals surface area contributed by atoms with Crippen molar-refractivity contribution in [3.8, 4) is 17.1 Å². The second-order valence-corrected chi connectivity index (χ2v) is 7.57. The number of thioether (sulfide) groups is 1. The summed E-state index contributed by atoms with van der Waals surface area (Å²) in [6.45, 7) is 2.06. The van der Waals surface area contributed by atoms with Gasteiger partial charge in [0.15, 0.2) is 11.9 Å². The van der Waals surface area contributed by atoms with Gasteiger partial charge in [-0.1, -0.05) is 64.9 Å². The molecule has 1 N–H and O–H groups in total. The normalized spacial score (nSPS) is 15.4. The van der Waals surface area contributed by atoms with Crippen molar-refractivity contribution in [2.45, 2.75) is 18.3 Å². The standard InChI is InChI=1S/C18H15BrN4OS/c1-2-25-18-21-17-15(22-23-18)13-5-3-4-6-14(13)20-16(24-17)11-7-9-12(19)10-8-11/h3-10,16,20H,2H2,1H3/t16-/m0/s1. The average molecular weight is 415 g/mol. The van der Waals surface area contributed by atoms with Gasteiger partial charge >= 0.3 is 0 Å². The molecule has 0 saturated carbocycles. The van der Waals surface area contributed by atoms with E-state index < -0.39 is 0 Å². The third kappa shape index (κ3) is 3.34. The molecular formula is C18H15BrN4OS. The maximum Gasteiger partial charge on any atom is 0.247 e. The molecule has 25 heavy (non-hydrogen) atoms. The van der Waals surface area contributed by atoms with Crippen LogP contribution < -0.4 is 10.1 Å². The number of aromatic nitrogens is 3. The molecule has 0 fully saturated rings. The Morgan fingerprint density at radius 2 is 1.92 bits per heavy atom. The van der Waals surface area contributed by atoms with E-state index in [9.17, 15) is 0 Å². The van der Waals surface area contributed by atoms with Crippen LogP contribution in [0.1, 0.15) is 18.7 Å². The molecule has 7 heteroatoms. The lowest BCUT2D eigenvalue weighted by molar-refractivity contribution is 0.225. The lowest BCUT2D eigenvalue weighted by Crippen LogP contribution is -2.17. The number of hydrogen-bond donors (Lipinski definition) is 1. The van der Waals surface area contributed by atoms with Gasteiger partial charge in [-0.15, -0.1) is 10.2 Å². The molecule has 1 aliphatic heterocycles. The van der Waals surface area contributed by atoms with Gasteiger partial charge in [0.05, 0.1) is 0 Å². The second-order valence-electron chi connectivity index (χ2n) is 5.42. The molecule has 0 spiro atoms. The first kappa shape index (κ1) is 16.4. The van der Waals surface area contributed by atoms with Crippen LogP contribution in [0.15, 0.2) is 58.2 Å². The highest BCUT2D eigenvalue weighted by Gasteiger charge is 2.25. The van der Waals surface area contributed by atoms with Crippen LogP contribution in [0.3, 0.4) is 0 Å². The van der Waals surface area contributed by atoms with Gasteiger partial charge in [-0.05, 0) is 24.0 Å². The maximum absolute atomic E-state index is 6.20. The quantitative estimate of drug-likeness (QED) is 0.613. The van der Waals surface area contributed by atoms with E-state index in [2.05, 4.69) is 43.4 Å². The highest BCUT2D eigenvalue weighted by Crippen LogP contribution is 2.39. The summed E-state index contributed by atoms with van der Waals surface area (Å²) >= 11 is 5.01. The van der Waals surface area contributed by atoms with Gasteiger partial charge in [0, 0.05) is 21.3 Å². The summed E-state index contributed by atoms with van der Waals surface area (Å²) in [4.78, 5) is 4.57. The number of halogens is 1. The van der Waals surface area contributed by atoms with Crippen molar-refractivity contribution >= 4 is 33.4 Å². The van der Waals surface area contributed by atoms with Gasteiger partial charge in [-0.25, -0.2) is 0 Å². The average Bonchev–Trinajstić information content (AvgIpc) is 2.79. The van der Waals surface area contributed by atoms with Crippen LogP contribution in [0.25, 0.3) is 11.3 Å². The summed E-state index contributed by atoms with van der Waals surface area (Å²) in [5, 5.41) is 12.7. The van der Waals surface area contributed by atoms with E-state index in [0.717, 1.165) is 27.0 Å². The minimum Gasteiger partial charge on any atom is -0.448 e. The fourth-order valence-corrected chi connectivity index (χ4v) is 3.39. The number of nitrogens with one attached hydrogen (secondary N) is 1. The molecule has 1 aromatic heterocycles. The van der Waals surface area contributed by atoms with Crippen LogP contribution in [0.4, 0.5) is 5.69 Å². The number of nitrogens with zero attached hydrogens (tertiary/aromatic N) is 3. The SMILES string of the molecule is CCSc1nnc2c(n1)O[C@@H](c1ccc(Br)cc1)Nc1ccccc1-2. The first-order valence-corrected chi connectivity index (χ1v) is 9.68. The summed E-state index contributed by atoms with van der Waals surface area (Å²) in [7, 11) is 0. The number of para-hydroxylation sites is 1. The molecule has 3 aromatic rings. The van der Waals surface area contributed by atoms with E-state index in [1.54, 1.807) is 11.8 Å². The van der Waals surface area contributed by atoms with E-state index in [4.69, 9.17) is 4.74 Å². The summed E-state index contributed by atoms with van der Waals surface area (Å²) in [5.74, 6) is 1.38. The van der Waals surface area contributed by atoms with Crippen LogP contribution in [0.2, 0.25) is 0 Å². The lowest BCUT2D eigenvalue weighted by atomic mass is 10.1. The Hall–Kier alpha value is -2.12. The molecule has 0 amide bonds. The summed E-state index contributed by atoms with van der Waals surface area (Å²) in [5.41, 5.74) is 3.55. The van der Waals surface area contributed by atoms with Gasteiger partial charge in [0.2, 0.25) is 11.0 Å². The van der Waals surface area contributed by atoms with Crippen LogP contribution in [-0.2, 0) is 0 Å². The zero-order valence-electron chi connectivity index (χ0n) is 13.4.